The largest absolute Gasteiger partial charge is 0.309 e. The van der Waals surface area contributed by atoms with Crippen LogP contribution in [-0.4, -0.2) is 14.9 Å². The fourth-order valence-corrected chi connectivity index (χ4v) is 3.78. The van der Waals surface area contributed by atoms with E-state index in [-0.39, 0.29) is 17.9 Å². The Bertz CT molecular complexity index is 1040. The van der Waals surface area contributed by atoms with Gasteiger partial charge in [0.05, 0.1) is 27.6 Å². The molecule has 0 bridgehead atoms. The molecule has 0 aliphatic heterocycles. The highest BCUT2D eigenvalue weighted by Gasteiger charge is 2.18. The normalized spacial score (nSPS) is 11.2. The van der Waals surface area contributed by atoms with Crippen LogP contribution in [0.25, 0.3) is 11.0 Å². The van der Waals surface area contributed by atoms with Crippen LogP contribution in [0.3, 0.4) is 0 Å². The van der Waals surface area contributed by atoms with Gasteiger partial charge in [-0.2, -0.15) is 0 Å². The molecule has 7 heteroatoms. The van der Waals surface area contributed by atoms with Gasteiger partial charge < -0.3 is 9.13 Å². The molecule has 0 unspecified atom stereocenters. The first-order valence-corrected chi connectivity index (χ1v) is 9.47. The maximum atomic E-state index is 12.8. The lowest BCUT2D eigenvalue weighted by molar-refractivity contribution is 0.0971. The van der Waals surface area contributed by atoms with Gasteiger partial charge in [0.1, 0.15) is 0 Å². The minimum absolute atomic E-state index is 0.0101. The Hall–Kier alpha value is -1.75. The summed E-state index contributed by atoms with van der Waals surface area (Å²) in [6.07, 6.45) is 1.93. The molecule has 1 heterocycles. The number of benzene rings is 2. The number of Topliss-reactive ketones (excluding diaryl/α,β-unsaturated/α-hetero) is 1. The van der Waals surface area contributed by atoms with Gasteiger partial charge in [-0.25, -0.2) is 0 Å². The first-order valence-electron chi connectivity index (χ1n) is 8.34. The Morgan fingerprint density at radius 1 is 1.08 bits per heavy atom. The van der Waals surface area contributed by atoms with Crippen molar-refractivity contribution < 1.29 is 4.79 Å². The summed E-state index contributed by atoms with van der Waals surface area (Å²) < 4.78 is 3.53. The van der Waals surface area contributed by atoms with Crippen molar-refractivity contribution >= 4 is 51.6 Å². The molecule has 3 rings (SSSR count). The SMILES string of the molecule is CCCCn1c(=N)n(CC(=O)c2ccc(Cl)cc2Cl)c2cccc(Cl)c21. The van der Waals surface area contributed by atoms with E-state index in [1.165, 1.54) is 0 Å². The summed E-state index contributed by atoms with van der Waals surface area (Å²) in [6.45, 7) is 2.78. The van der Waals surface area contributed by atoms with E-state index in [4.69, 9.17) is 40.2 Å². The molecule has 1 N–H and O–H groups in total. The number of aryl methyl sites for hydroxylation is 1. The summed E-state index contributed by atoms with van der Waals surface area (Å²) in [4.78, 5) is 12.8. The quantitative estimate of drug-likeness (QED) is 0.531. The van der Waals surface area contributed by atoms with E-state index in [0.717, 1.165) is 23.9 Å². The average molecular weight is 411 g/mol. The summed E-state index contributed by atoms with van der Waals surface area (Å²) in [5.41, 5.74) is 2.18. The topological polar surface area (TPSA) is 50.8 Å². The maximum Gasteiger partial charge on any atom is 0.203 e. The zero-order valence-corrected chi connectivity index (χ0v) is 16.5. The van der Waals surface area contributed by atoms with Crippen LogP contribution < -0.4 is 5.62 Å². The molecule has 0 aliphatic carbocycles. The number of carbonyl (C=O) groups excluding carboxylic acids is 1. The molecule has 0 radical (unpaired) electrons. The fraction of sp³-hybridized carbons (Fsp3) is 0.263. The van der Waals surface area contributed by atoms with Crippen LogP contribution in [-0.2, 0) is 13.1 Å². The third kappa shape index (κ3) is 3.54. The van der Waals surface area contributed by atoms with Gasteiger partial charge in [-0.3, -0.25) is 10.2 Å². The van der Waals surface area contributed by atoms with Crippen LogP contribution in [0, 0.1) is 5.41 Å². The number of carbonyl (C=O) groups is 1. The summed E-state index contributed by atoms with van der Waals surface area (Å²) in [6, 6.07) is 10.3. The van der Waals surface area contributed by atoms with Crippen LogP contribution in [0.4, 0.5) is 0 Å². The number of nitrogens with zero attached hydrogens (tertiary/aromatic N) is 2. The van der Waals surface area contributed by atoms with E-state index in [9.17, 15) is 4.79 Å². The van der Waals surface area contributed by atoms with E-state index < -0.39 is 0 Å². The van der Waals surface area contributed by atoms with Gasteiger partial charge in [0, 0.05) is 17.1 Å². The number of unbranched alkanes of at least 4 members (excludes halogenated alkanes) is 1. The van der Waals surface area contributed by atoms with Gasteiger partial charge in [0.15, 0.2) is 5.78 Å². The van der Waals surface area contributed by atoms with Crippen molar-refractivity contribution in [3.63, 3.8) is 0 Å². The number of fused-ring (bicyclic) bond motifs is 1. The summed E-state index contributed by atoms with van der Waals surface area (Å²) in [5.74, 6) is -0.181. The third-order valence-electron chi connectivity index (χ3n) is 4.31. The van der Waals surface area contributed by atoms with Crippen LogP contribution in [0.5, 0.6) is 0 Å². The van der Waals surface area contributed by atoms with Crippen molar-refractivity contribution in [1.29, 1.82) is 5.41 Å². The highest BCUT2D eigenvalue weighted by Crippen LogP contribution is 2.25. The molecule has 4 nitrogen and oxygen atoms in total. The number of aromatic nitrogens is 2. The van der Waals surface area contributed by atoms with Crippen molar-refractivity contribution in [3.05, 3.63) is 62.6 Å². The molecular weight excluding hydrogens is 393 g/mol. The second-order valence-corrected chi connectivity index (χ2v) is 7.32. The highest BCUT2D eigenvalue weighted by molar-refractivity contribution is 6.37. The molecule has 0 amide bonds. The number of ketones is 1. The summed E-state index contributed by atoms with van der Waals surface area (Å²) in [7, 11) is 0. The predicted octanol–water partition coefficient (Wildman–Crippen LogP) is 5.57. The number of rotatable bonds is 6. The Balaban J connectivity index is 2.07. The maximum absolute atomic E-state index is 12.8. The van der Waals surface area contributed by atoms with Gasteiger partial charge in [-0.15, -0.1) is 0 Å². The number of nitrogens with one attached hydrogen (secondary N) is 1. The first-order chi connectivity index (χ1) is 12.4. The van der Waals surface area contributed by atoms with E-state index in [1.54, 1.807) is 28.8 Å². The van der Waals surface area contributed by atoms with Gasteiger partial charge in [-0.1, -0.05) is 54.2 Å². The molecule has 0 fully saturated rings. The lowest BCUT2D eigenvalue weighted by Gasteiger charge is -2.06. The Kier molecular flexibility index (Phi) is 5.76. The predicted molar refractivity (Wildman–Crippen MR) is 106 cm³/mol. The lowest BCUT2D eigenvalue weighted by Crippen LogP contribution is -2.27. The Labute approximate surface area is 166 Å². The standard InChI is InChI=1S/C19H18Cl3N3O/c1-2-3-9-24-18-14(21)5-4-6-16(18)25(19(24)23)11-17(26)13-8-7-12(20)10-15(13)22/h4-8,10,23H,2-3,9,11H2,1H3. The monoisotopic (exact) mass is 409 g/mol. The zero-order valence-electron chi connectivity index (χ0n) is 14.2. The molecule has 0 saturated heterocycles. The number of hydrogen-bond acceptors (Lipinski definition) is 2. The molecule has 26 heavy (non-hydrogen) atoms. The van der Waals surface area contributed by atoms with E-state index >= 15 is 0 Å². The molecular formula is C19H18Cl3N3O. The Morgan fingerprint density at radius 3 is 2.54 bits per heavy atom. The van der Waals surface area contributed by atoms with Crippen LogP contribution in [0.2, 0.25) is 15.1 Å². The number of hydrogen-bond donors (Lipinski definition) is 1. The van der Waals surface area contributed by atoms with E-state index in [2.05, 4.69) is 6.92 Å². The molecule has 0 aliphatic rings. The van der Waals surface area contributed by atoms with E-state index in [1.807, 2.05) is 16.7 Å². The number of imidazole rings is 1. The molecule has 0 saturated carbocycles. The average Bonchev–Trinajstić information content (AvgIpc) is 2.86. The molecule has 136 valence electrons. The third-order valence-corrected chi connectivity index (χ3v) is 5.16. The van der Waals surface area contributed by atoms with Crippen molar-refractivity contribution in [2.45, 2.75) is 32.9 Å². The van der Waals surface area contributed by atoms with Crippen molar-refractivity contribution in [2.24, 2.45) is 0 Å². The Morgan fingerprint density at radius 2 is 1.85 bits per heavy atom. The molecule has 2 aromatic carbocycles. The van der Waals surface area contributed by atoms with Gasteiger partial charge in [0.2, 0.25) is 5.62 Å². The lowest BCUT2D eigenvalue weighted by atomic mass is 10.1. The summed E-state index contributed by atoms with van der Waals surface area (Å²) in [5, 5.41) is 9.91. The van der Waals surface area contributed by atoms with Gasteiger partial charge in [-0.05, 0) is 36.8 Å². The minimum atomic E-state index is -0.181. The van der Waals surface area contributed by atoms with Crippen LogP contribution >= 0.6 is 34.8 Å². The molecule has 0 spiro atoms. The molecule has 0 atom stereocenters. The fourth-order valence-electron chi connectivity index (χ4n) is 2.99. The first kappa shape index (κ1) is 19.0. The van der Waals surface area contributed by atoms with Crippen LogP contribution in [0.15, 0.2) is 36.4 Å². The molecule has 3 aromatic rings. The van der Waals surface area contributed by atoms with Crippen molar-refractivity contribution in [3.8, 4) is 0 Å². The van der Waals surface area contributed by atoms with Gasteiger partial charge in [0.25, 0.3) is 0 Å². The number of para-hydroxylation sites is 1. The van der Waals surface area contributed by atoms with Crippen LogP contribution in [0.1, 0.15) is 30.1 Å². The van der Waals surface area contributed by atoms with E-state index in [0.29, 0.717) is 27.2 Å². The van der Waals surface area contributed by atoms with Crippen molar-refractivity contribution in [2.75, 3.05) is 0 Å². The zero-order chi connectivity index (χ0) is 18.8. The van der Waals surface area contributed by atoms with Crippen molar-refractivity contribution in [1.82, 2.24) is 9.13 Å². The molecule has 1 aromatic heterocycles. The second kappa shape index (κ2) is 7.87. The second-order valence-electron chi connectivity index (χ2n) is 6.07. The highest BCUT2D eigenvalue weighted by atomic mass is 35.5. The minimum Gasteiger partial charge on any atom is -0.309 e. The number of halogens is 3. The van der Waals surface area contributed by atoms with Gasteiger partial charge >= 0.3 is 0 Å². The smallest absolute Gasteiger partial charge is 0.203 e. The summed E-state index contributed by atoms with van der Waals surface area (Å²) >= 11 is 18.4.